The van der Waals surface area contributed by atoms with Crippen LogP contribution in [0, 0.1) is 5.92 Å². The first-order chi connectivity index (χ1) is 9.03. The van der Waals surface area contributed by atoms with Crippen molar-refractivity contribution in [2.24, 2.45) is 17.4 Å². The molecule has 2 fully saturated rings. The molecule has 108 valence electrons. The lowest BCUT2D eigenvalue weighted by Crippen LogP contribution is -2.58. The van der Waals surface area contributed by atoms with Crippen molar-refractivity contribution in [1.29, 1.82) is 0 Å². The standard InChI is InChI=1S/C14H25N3O2/c15-11-6-4-5-10(11)9-12(18)17-14(13(16)19)7-2-1-3-8-14/h10-11H,1-9,15H2,(H2,16,19)(H,17,18)/t10-,11+/m0/s1. The van der Waals surface area contributed by atoms with E-state index >= 15 is 0 Å². The van der Waals surface area contributed by atoms with Crippen molar-refractivity contribution in [3.05, 3.63) is 0 Å². The first-order valence-electron chi connectivity index (χ1n) is 7.40. The number of hydrogen-bond acceptors (Lipinski definition) is 3. The monoisotopic (exact) mass is 267 g/mol. The number of carbonyl (C=O) groups is 2. The van der Waals surface area contributed by atoms with Crippen molar-refractivity contribution in [2.75, 3.05) is 0 Å². The van der Waals surface area contributed by atoms with Crippen LogP contribution in [0.5, 0.6) is 0 Å². The molecule has 0 radical (unpaired) electrons. The smallest absolute Gasteiger partial charge is 0.243 e. The molecule has 5 N–H and O–H groups in total. The van der Waals surface area contributed by atoms with E-state index in [0.29, 0.717) is 19.3 Å². The molecule has 2 aliphatic carbocycles. The molecule has 0 aromatic heterocycles. The van der Waals surface area contributed by atoms with Gasteiger partial charge in [0.1, 0.15) is 5.54 Å². The first kappa shape index (κ1) is 14.3. The van der Waals surface area contributed by atoms with Crippen LogP contribution in [0.1, 0.15) is 57.8 Å². The third-order valence-electron chi connectivity index (χ3n) is 4.72. The van der Waals surface area contributed by atoms with Gasteiger partial charge in [-0.2, -0.15) is 0 Å². The van der Waals surface area contributed by atoms with Crippen molar-refractivity contribution < 1.29 is 9.59 Å². The Morgan fingerprint density at radius 2 is 1.79 bits per heavy atom. The summed E-state index contributed by atoms with van der Waals surface area (Å²) in [4.78, 5) is 23.8. The van der Waals surface area contributed by atoms with Crippen molar-refractivity contribution in [2.45, 2.75) is 69.4 Å². The summed E-state index contributed by atoms with van der Waals surface area (Å²) < 4.78 is 0. The zero-order chi connectivity index (χ0) is 13.9. The van der Waals surface area contributed by atoms with Gasteiger partial charge in [0.2, 0.25) is 11.8 Å². The maximum absolute atomic E-state index is 12.1. The second-order valence-corrected chi connectivity index (χ2v) is 6.11. The Balaban J connectivity index is 1.93. The fraction of sp³-hybridized carbons (Fsp3) is 0.857. The number of nitrogens with two attached hydrogens (primary N) is 2. The zero-order valence-electron chi connectivity index (χ0n) is 11.5. The first-order valence-corrected chi connectivity index (χ1v) is 7.40. The van der Waals surface area contributed by atoms with E-state index in [1.165, 1.54) is 0 Å². The van der Waals surface area contributed by atoms with Crippen LogP contribution in [-0.2, 0) is 9.59 Å². The van der Waals surface area contributed by atoms with Gasteiger partial charge < -0.3 is 16.8 Å². The highest BCUT2D eigenvalue weighted by Gasteiger charge is 2.39. The number of hydrogen-bond donors (Lipinski definition) is 3. The average Bonchev–Trinajstić information content (AvgIpc) is 2.76. The average molecular weight is 267 g/mol. The fourth-order valence-corrected chi connectivity index (χ4v) is 3.46. The van der Waals surface area contributed by atoms with Gasteiger partial charge in [-0.3, -0.25) is 9.59 Å². The third kappa shape index (κ3) is 3.26. The Morgan fingerprint density at radius 1 is 1.11 bits per heavy atom. The van der Waals surface area contributed by atoms with Crippen LogP contribution in [0.2, 0.25) is 0 Å². The Labute approximate surface area is 114 Å². The lowest BCUT2D eigenvalue weighted by atomic mass is 9.80. The molecule has 0 aromatic carbocycles. The molecule has 5 heteroatoms. The van der Waals surface area contributed by atoms with E-state index in [1.54, 1.807) is 0 Å². The largest absolute Gasteiger partial charge is 0.368 e. The van der Waals surface area contributed by atoms with E-state index in [0.717, 1.165) is 38.5 Å². The molecule has 0 spiro atoms. The predicted octanol–water partition coefficient (Wildman–Crippen LogP) is 0.808. The van der Waals surface area contributed by atoms with Gasteiger partial charge in [0, 0.05) is 12.5 Å². The van der Waals surface area contributed by atoms with Gasteiger partial charge >= 0.3 is 0 Å². The molecule has 2 rings (SSSR count). The van der Waals surface area contributed by atoms with Gasteiger partial charge in [0.25, 0.3) is 0 Å². The predicted molar refractivity (Wildman–Crippen MR) is 73.1 cm³/mol. The van der Waals surface area contributed by atoms with Crippen molar-refractivity contribution in [1.82, 2.24) is 5.32 Å². The molecule has 2 amide bonds. The molecule has 0 aromatic rings. The highest BCUT2D eigenvalue weighted by Crippen LogP contribution is 2.30. The van der Waals surface area contributed by atoms with Crippen LogP contribution in [0.15, 0.2) is 0 Å². The van der Waals surface area contributed by atoms with Gasteiger partial charge in [0.05, 0.1) is 0 Å². The van der Waals surface area contributed by atoms with E-state index < -0.39 is 11.4 Å². The molecular weight excluding hydrogens is 242 g/mol. The normalized spacial score (nSPS) is 29.9. The lowest BCUT2D eigenvalue weighted by Gasteiger charge is -2.35. The molecule has 2 saturated carbocycles. The van der Waals surface area contributed by atoms with Crippen molar-refractivity contribution >= 4 is 11.8 Å². The Kier molecular flexibility index (Phi) is 4.45. The summed E-state index contributed by atoms with van der Waals surface area (Å²) in [5.74, 6) is -0.201. The van der Waals surface area contributed by atoms with E-state index in [1.807, 2.05) is 0 Å². The summed E-state index contributed by atoms with van der Waals surface area (Å²) in [6, 6.07) is 0.127. The maximum atomic E-state index is 12.1. The summed E-state index contributed by atoms with van der Waals surface area (Å²) >= 11 is 0. The SMILES string of the molecule is NC(=O)C1(NC(=O)C[C@@H]2CCC[C@H]2N)CCCCC1. The summed E-state index contributed by atoms with van der Waals surface area (Å²) in [7, 11) is 0. The molecule has 0 heterocycles. The molecular formula is C14H25N3O2. The molecule has 5 nitrogen and oxygen atoms in total. The molecule has 2 aliphatic rings. The van der Waals surface area contributed by atoms with Crippen LogP contribution >= 0.6 is 0 Å². The Hall–Kier alpha value is -1.10. The summed E-state index contributed by atoms with van der Waals surface area (Å²) in [6.45, 7) is 0. The number of amides is 2. The Morgan fingerprint density at radius 3 is 2.32 bits per heavy atom. The van der Waals surface area contributed by atoms with Crippen LogP contribution in [0.4, 0.5) is 0 Å². The minimum Gasteiger partial charge on any atom is -0.368 e. The topological polar surface area (TPSA) is 98.2 Å². The van der Waals surface area contributed by atoms with Crippen molar-refractivity contribution in [3.8, 4) is 0 Å². The zero-order valence-corrected chi connectivity index (χ0v) is 11.5. The highest BCUT2D eigenvalue weighted by atomic mass is 16.2. The quantitative estimate of drug-likeness (QED) is 0.703. The molecule has 0 saturated heterocycles. The Bertz CT molecular complexity index is 351. The molecule has 0 bridgehead atoms. The fourth-order valence-electron chi connectivity index (χ4n) is 3.46. The van der Waals surface area contributed by atoms with E-state index in [4.69, 9.17) is 11.5 Å². The minimum absolute atomic E-state index is 0.0666. The highest BCUT2D eigenvalue weighted by molar-refractivity contribution is 5.90. The van der Waals surface area contributed by atoms with E-state index in [2.05, 4.69) is 5.32 Å². The van der Waals surface area contributed by atoms with Gasteiger partial charge in [-0.1, -0.05) is 25.7 Å². The minimum atomic E-state index is -0.808. The number of carbonyl (C=O) groups excluding carboxylic acids is 2. The summed E-state index contributed by atoms with van der Waals surface area (Å²) in [5, 5.41) is 2.91. The van der Waals surface area contributed by atoms with Crippen LogP contribution in [-0.4, -0.2) is 23.4 Å². The lowest BCUT2D eigenvalue weighted by molar-refractivity contribution is -0.133. The summed E-state index contributed by atoms with van der Waals surface area (Å²) in [6.07, 6.45) is 7.89. The van der Waals surface area contributed by atoms with Crippen LogP contribution < -0.4 is 16.8 Å². The number of rotatable bonds is 4. The molecule has 0 aliphatic heterocycles. The number of nitrogens with one attached hydrogen (secondary N) is 1. The van der Waals surface area contributed by atoms with Gasteiger partial charge in [0.15, 0.2) is 0 Å². The molecule has 2 atom stereocenters. The third-order valence-corrected chi connectivity index (χ3v) is 4.72. The second-order valence-electron chi connectivity index (χ2n) is 6.11. The molecule has 0 unspecified atom stereocenters. The van der Waals surface area contributed by atoms with E-state index in [9.17, 15) is 9.59 Å². The van der Waals surface area contributed by atoms with Crippen LogP contribution in [0.3, 0.4) is 0 Å². The van der Waals surface area contributed by atoms with E-state index in [-0.39, 0.29) is 17.9 Å². The van der Waals surface area contributed by atoms with Crippen molar-refractivity contribution in [3.63, 3.8) is 0 Å². The molecule has 19 heavy (non-hydrogen) atoms. The van der Waals surface area contributed by atoms with Gasteiger partial charge in [-0.15, -0.1) is 0 Å². The van der Waals surface area contributed by atoms with Crippen LogP contribution in [0.25, 0.3) is 0 Å². The van der Waals surface area contributed by atoms with Gasteiger partial charge in [-0.25, -0.2) is 0 Å². The number of primary amides is 1. The van der Waals surface area contributed by atoms with Gasteiger partial charge in [-0.05, 0) is 31.6 Å². The maximum Gasteiger partial charge on any atom is 0.243 e. The summed E-state index contributed by atoms with van der Waals surface area (Å²) in [5.41, 5.74) is 10.7. The second kappa shape index (κ2) is 5.90.